The monoisotopic (exact) mass is 647 g/mol. The van der Waals surface area contributed by atoms with Crippen LogP contribution in [0.15, 0.2) is 83.8 Å². The second-order valence-electron chi connectivity index (χ2n) is 13.0. The van der Waals surface area contributed by atoms with E-state index in [4.69, 9.17) is 9.47 Å². The van der Waals surface area contributed by atoms with Crippen molar-refractivity contribution in [1.29, 1.82) is 0 Å². The number of aryl methyl sites for hydroxylation is 1. The van der Waals surface area contributed by atoms with Gasteiger partial charge in [-0.1, -0.05) is 54.6 Å². The zero-order valence-electron chi connectivity index (χ0n) is 27.4. The minimum atomic E-state index is -3.79. The molecule has 9 heteroatoms. The topological polar surface area (TPSA) is 88.2 Å². The van der Waals surface area contributed by atoms with E-state index in [1.165, 1.54) is 22.7 Å². The molecule has 1 aliphatic heterocycles. The van der Waals surface area contributed by atoms with Crippen molar-refractivity contribution in [1.82, 2.24) is 14.5 Å². The molecule has 1 saturated carbocycles. The van der Waals surface area contributed by atoms with E-state index < -0.39 is 16.1 Å². The highest BCUT2D eigenvalue weighted by molar-refractivity contribution is 7.89. The second-order valence-corrected chi connectivity index (χ2v) is 14.9. The Bertz CT molecular complexity index is 1510. The van der Waals surface area contributed by atoms with Gasteiger partial charge < -0.3 is 19.7 Å². The summed E-state index contributed by atoms with van der Waals surface area (Å²) in [5.74, 6) is 1.58. The van der Waals surface area contributed by atoms with Crippen LogP contribution >= 0.6 is 0 Å². The molecule has 1 aliphatic carbocycles. The highest BCUT2D eigenvalue weighted by Crippen LogP contribution is 2.34. The molecule has 0 radical (unpaired) electrons. The minimum Gasteiger partial charge on any atom is -0.497 e. The lowest BCUT2D eigenvalue weighted by Gasteiger charge is -2.37. The number of nitrogens with one attached hydrogen (secondary N) is 1. The van der Waals surface area contributed by atoms with Crippen molar-refractivity contribution in [3.63, 3.8) is 0 Å². The Morgan fingerprint density at radius 3 is 2.28 bits per heavy atom. The summed E-state index contributed by atoms with van der Waals surface area (Å²) < 4.78 is 40.1. The molecule has 0 aromatic heterocycles. The SMILES string of the molecule is COc1ccc(S(=O)(=O)N2Cc3ccccc3CC2COCC(=O)NCC2CCC(C(CCc3ccccc3)N(C)C)CC2)cc1. The third kappa shape index (κ3) is 8.76. The van der Waals surface area contributed by atoms with Crippen LogP contribution in [0.3, 0.4) is 0 Å². The van der Waals surface area contributed by atoms with Gasteiger partial charge in [0.1, 0.15) is 12.4 Å². The second kappa shape index (κ2) is 16.0. The van der Waals surface area contributed by atoms with Gasteiger partial charge in [0.25, 0.3) is 0 Å². The summed E-state index contributed by atoms with van der Waals surface area (Å²) in [5.41, 5.74) is 3.48. The van der Waals surface area contributed by atoms with Gasteiger partial charge in [0.05, 0.1) is 24.7 Å². The maximum atomic E-state index is 13.7. The Balaban J connectivity index is 1.09. The standard InChI is InChI=1S/C37H49N3O5S/c1-39(2)36(22-15-28-9-5-4-6-10-28)30-16-13-29(14-17-30)24-38-37(41)27-45-26-33-23-31-11-7-8-12-32(31)25-40(33)46(42,43)35-20-18-34(44-3)19-21-35/h4-12,18-21,29-30,33,36H,13-17,22-27H2,1-3H3,(H,38,41). The summed E-state index contributed by atoms with van der Waals surface area (Å²) in [7, 11) is 2.15. The van der Waals surface area contributed by atoms with Crippen molar-refractivity contribution >= 4 is 15.9 Å². The van der Waals surface area contributed by atoms with E-state index in [2.05, 4.69) is 54.6 Å². The fourth-order valence-electron chi connectivity index (χ4n) is 7.12. The van der Waals surface area contributed by atoms with Gasteiger partial charge in [-0.25, -0.2) is 8.42 Å². The number of benzene rings is 3. The number of fused-ring (bicyclic) bond motifs is 1. The van der Waals surface area contributed by atoms with Crippen LogP contribution in [0.2, 0.25) is 0 Å². The van der Waals surface area contributed by atoms with Crippen molar-refractivity contribution in [3.8, 4) is 5.75 Å². The number of hydrogen-bond acceptors (Lipinski definition) is 6. The van der Waals surface area contributed by atoms with Gasteiger partial charge in [-0.2, -0.15) is 4.31 Å². The lowest BCUT2D eigenvalue weighted by atomic mass is 9.76. The number of ether oxygens (including phenoxy) is 2. The van der Waals surface area contributed by atoms with Crippen LogP contribution < -0.4 is 10.1 Å². The Morgan fingerprint density at radius 1 is 0.935 bits per heavy atom. The summed E-state index contributed by atoms with van der Waals surface area (Å²) in [4.78, 5) is 15.4. The third-order valence-corrected chi connectivity index (χ3v) is 11.7. The van der Waals surface area contributed by atoms with E-state index in [0.717, 1.165) is 36.8 Å². The first-order chi connectivity index (χ1) is 22.2. The zero-order chi connectivity index (χ0) is 32.5. The number of carbonyl (C=O) groups excluding carboxylic acids is 1. The van der Waals surface area contributed by atoms with Crippen molar-refractivity contribution < 1.29 is 22.7 Å². The average molecular weight is 648 g/mol. The fourth-order valence-corrected chi connectivity index (χ4v) is 8.71. The predicted molar refractivity (Wildman–Crippen MR) is 181 cm³/mol. The number of nitrogens with zero attached hydrogens (tertiary/aromatic N) is 2. The van der Waals surface area contributed by atoms with Crippen molar-refractivity contribution in [2.24, 2.45) is 11.8 Å². The van der Waals surface area contributed by atoms with Gasteiger partial charge in [-0.15, -0.1) is 0 Å². The lowest BCUT2D eigenvalue weighted by molar-refractivity contribution is -0.126. The van der Waals surface area contributed by atoms with Gasteiger partial charge in [0.15, 0.2) is 0 Å². The van der Waals surface area contributed by atoms with Gasteiger partial charge in [-0.05, 0) is 112 Å². The molecule has 1 amide bonds. The Morgan fingerprint density at radius 2 is 1.61 bits per heavy atom. The maximum absolute atomic E-state index is 13.7. The van der Waals surface area contributed by atoms with Gasteiger partial charge >= 0.3 is 0 Å². The summed E-state index contributed by atoms with van der Waals surface area (Å²) in [6.07, 6.45) is 7.36. The molecule has 1 heterocycles. The van der Waals surface area contributed by atoms with E-state index in [1.54, 1.807) is 31.4 Å². The maximum Gasteiger partial charge on any atom is 0.246 e. The first-order valence-electron chi connectivity index (χ1n) is 16.5. The number of sulfonamides is 1. The van der Waals surface area contributed by atoms with Crippen LogP contribution in [0.25, 0.3) is 0 Å². The van der Waals surface area contributed by atoms with E-state index in [9.17, 15) is 13.2 Å². The molecule has 248 valence electrons. The van der Waals surface area contributed by atoms with Gasteiger partial charge in [0.2, 0.25) is 15.9 Å². The molecule has 1 N–H and O–H groups in total. The average Bonchev–Trinajstić information content (AvgIpc) is 3.08. The number of methoxy groups -OCH3 is 1. The predicted octanol–water partition coefficient (Wildman–Crippen LogP) is 5.31. The quantitative estimate of drug-likeness (QED) is 0.255. The highest BCUT2D eigenvalue weighted by atomic mass is 32.2. The highest BCUT2D eigenvalue weighted by Gasteiger charge is 2.36. The molecule has 0 saturated heterocycles. The number of carbonyl (C=O) groups is 1. The molecule has 1 fully saturated rings. The zero-order valence-corrected chi connectivity index (χ0v) is 28.3. The van der Waals surface area contributed by atoms with E-state index in [1.807, 2.05) is 24.3 Å². The summed E-state index contributed by atoms with van der Waals surface area (Å²) in [5, 5.41) is 3.08. The van der Waals surface area contributed by atoms with Gasteiger partial charge in [-0.3, -0.25) is 4.79 Å². The molecule has 0 spiro atoms. The largest absolute Gasteiger partial charge is 0.497 e. The van der Waals surface area contributed by atoms with E-state index >= 15 is 0 Å². The Kier molecular flexibility index (Phi) is 11.9. The van der Waals surface area contributed by atoms with Crippen LogP contribution in [0.5, 0.6) is 5.75 Å². The molecule has 3 aromatic rings. The molecular weight excluding hydrogens is 598 g/mol. The molecule has 2 aliphatic rings. The summed E-state index contributed by atoms with van der Waals surface area (Å²) >= 11 is 0. The lowest BCUT2D eigenvalue weighted by Crippen LogP contribution is -2.47. The fraction of sp³-hybridized carbons (Fsp3) is 0.486. The smallest absolute Gasteiger partial charge is 0.246 e. The number of rotatable bonds is 14. The van der Waals surface area contributed by atoms with Crippen molar-refractivity contribution in [3.05, 3.63) is 95.6 Å². The molecule has 46 heavy (non-hydrogen) atoms. The van der Waals surface area contributed by atoms with Crippen LogP contribution in [0, 0.1) is 11.8 Å². The van der Waals surface area contributed by atoms with Crippen LogP contribution in [0.1, 0.15) is 48.8 Å². The van der Waals surface area contributed by atoms with E-state index in [0.29, 0.717) is 36.6 Å². The first-order valence-corrected chi connectivity index (χ1v) is 18.0. The molecule has 8 nitrogen and oxygen atoms in total. The van der Waals surface area contributed by atoms with Crippen molar-refractivity contribution in [2.45, 2.75) is 68.5 Å². The Hall–Kier alpha value is -3.24. The minimum absolute atomic E-state index is 0.0912. The third-order valence-electron chi connectivity index (χ3n) is 9.78. The van der Waals surface area contributed by atoms with Crippen LogP contribution in [-0.4, -0.2) is 76.6 Å². The number of amides is 1. The van der Waals surface area contributed by atoms with Crippen LogP contribution in [-0.2, 0) is 38.9 Å². The van der Waals surface area contributed by atoms with E-state index in [-0.39, 0.29) is 30.6 Å². The first kappa shape index (κ1) is 34.1. The molecule has 5 rings (SSSR count). The number of hydrogen-bond donors (Lipinski definition) is 1. The molecule has 2 atom stereocenters. The summed E-state index contributed by atoms with van der Waals surface area (Å²) in [6.45, 7) is 0.956. The van der Waals surface area contributed by atoms with Crippen molar-refractivity contribution in [2.75, 3.05) is 41.0 Å². The molecular formula is C37H49N3O5S. The normalized spacial score (nSPS) is 21.0. The Labute approximate surface area is 275 Å². The van der Waals surface area contributed by atoms with Crippen LogP contribution in [0.4, 0.5) is 0 Å². The summed E-state index contributed by atoms with van der Waals surface area (Å²) in [6, 6.07) is 25.2. The molecule has 3 aromatic carbocycles. The molecule has 0 bridgehead atoms. The van der Waals surface area contributed by atoms with Gasteiger partial charge in [0, 0.05) is 19.1 Å². The molecule has 2 unspecified atom stereocenters.